The highest BCUT2D eigenvalue weighted by Crippen LogP contribution is 2.29. The maximum absolute atomic E-state index is 4.09. The molecule has 2 rings (SSSR count). The van der Waals surface area contributed by atoms with Gasteiger partial charge in [0.1, 0.15) is 0 Å². The third-order valence-electron chi connectivity index (χ3n) is 1.69. The largest absolute Gasteiger partial charge is 0.263 e. The Bertz CT molecular complexity index is 389. The molecule has 0 atom stereocenters. The van der Waals surface area contributed by atoms with Gasteiger partial charge in [-0.05, 0) is 22.0 Å². The van der Waals surface area contributed by atoms with Gasteiger partial charge in [-0.2, -0.15) is 0 Å². The zero-order valence-electron chi connectivity index (χ0n) is 6.09. The minimum atomic E-state index is 1.02. The Balaban J connectivity index is 2.96. The van der Waals surface area contributed by atoms with Crippen molar-refractivity contribution < 1.29 is 0 Å². The minimum Gasteiger partial charge on any atom is -0.263 e. The van der Waals surface area contributed by atoms with Crippen LogP contribution >= 0.6 is 31.9 Å². The molecular weight excluding hydrogens is 282 g/mol. The molecule has 0 aliphatic heterocycles. The fourth-order valence-corrected chi connectivity index (χ4v) is 2.57. The molecule has 0 N–H and O–H groups in total. The van der Waals surface area contributed by atoms with Crippen LogP contribution in [0.15, 0.2) is 39.5 Å². The van der Waals surface area contributed by atoms with E-state index >= 15 is 0 Å². The number of halogens is 2. The van der Waals surface area contributed by atoms with Crippen LogP contribution in [0.5, 0.6) is 0 Å². The second-order valence-corrected chi connectivity index (χ2v) is 4.17. The first-order valence-corrected chi connectivity index (χ1v) is 5.05. The van der Waals surface area contributed by atoms with Gasteiger partial charge in [-0.1, -0.05) is 28.1 Å². The van der Waals surface area contributed by atoms with Crippen molar-refractivity contribution in [2.75, 3.05) is 0 Å². The molecule has 3 heteroatoms. The summed E-state index contributed by atoms with van der Waals surface area (Å²) in [6.07, 6.45) is 3.65. The molecule has 0 saturated heterocycles. The standard InChI is InChI=1S/C9H5Br2N/c10-7-3-1-2-6-4-12-5-8(11)9(6)7/h1-5H. The Morgan fingerprint density at radius 1 is 1.00 bits per heavy atom. The average Bonchev–Trinajstić information content (AvgIpc) is 2.04. The van der Waals surface area contributed by atoms with Gasteiger partial charge in [0.15, 0.2) is 0 Å². The fraction of sp³-hybridized carbons (Fsp3) is 0. The Hall–Kier alpha value is -0.410. The van der Waals surface area contributed by atoms with E-state index in [1.165, 1.54) is 5.39 Å². The topological polar surface area (TPSA) is 12.9 Å². The molecule has 0 spiro atoms. The second-order valence-electron chi connectivity index (χ2n) is 2.46. The average molecular weight is 287 g/mol. The van der Waals surface area contributed by atoms with Crippen LogP contribution in [0.25, 0.3) is 10.8 Å². The molecule has 0 radical (unpaired) electrons. The predicted octanol–water partition coefficient (Wildman–Crippen LogP) is 3.76. The van der Waals surface area contributed by atoms with Gasteiger partial charge < -0.3 is 0 Å². The molecule has 1 heterocycles. The van der Waals surface area contributed by atoms with E-state index in [1.807, 2.05) is 24.4 Å². The van der Waals surface area contributed by atoms with E-state index in [0.29, 0.717) is 0 Å². The van der Waals surface area contributed by atoms with Crippen LogP contribution in [0, 0.1) is 0 Å². The Morgan fingerprint density at radius 3 is 2.58 bits per heavy atom. The zero-order chi connectivity index (χ0) is 8.55. The van der Waals surface area contributed by atoms with Crippen molar-refractivity contribution in [2.24, 2.45) is 0 Å². The molecule has 0 bridgehead atoms. The van der Waals surface area contributed by atoms with Crippen LogP contribution in [-0.4, -0.2) is 4.98 Å². The normalized spacial score (nSPS) is 10.5. The van der Waals surface area contributed by atoms with Crippen molar-refractivity contribution in [3.63, 3.8) is 0 Å². The SMILES string of the molecule is Brc1cccc2cncc(Br)c12. The molecule has 2 aromatic rings. The summed E-state index contributed by atoms with van der Waals surface area (Å²) in [7, 11) is 0. The van der Waals surface area contributed by atoms with E-state index in [1.54, 1.807) is 6.20 Å². The first kappa shape index (κ1) is 8.20. The van der Waals surface area contributed by atoms with Crippen molar-refractivity contribution in [2.45, 2.75) is 0 Å². The number of hydrogen-bond acceptors (Lipinski definition) is 1. The molecule has 12 heavy (non-hydrogen) atoms. The Labute approximate surface area is 87.1 Å². The molecule has 0 saturated carbocycles. The van der Waals surface area contributed by atoms with E-state index < -0.39 is 0 Å². The van der Waals surface area contributed by atoms with Crippen LogP contribution in [0.4, 0.5) is 0 Å². The molecule has 1 aromatic carbocycles. The van der Waals surface area contributed by atoms with E-state index in [9.17, 15) is 0 Å². The molecule has 0 unspecified atom stereocenters. The van der Waals surface area contributed by atoms with E-state index in [2.05, 4.69) is 36.8 Å². The number of aromatic nitrogens is 1. The van der Waals surface area contributed by atoms with Gasteiger partial charge in [-0.25, -0.2) is 0 Å². The van der Waals surface area contributed by atoms with Gasteiger partial charge in [-0.15, -0.1) is 0 Å². The molecule has 0 aliphatic rings. The quantitative estimate of drug-likeness (QED) is 0.719. The van der Waals surface area contributed by atoms with Crippen LogP contribution < -0.4 is 0 Å². The number of benzene rings is 1. The first-order chi connectivity index (χ1) is 5.79. The van der Waals surface area contributed by atoms with Gasteiger partial charge in [0, 0.05) is 32.1 Å². The highest BCUT2D eigenvalue weighted by molar-refractivity contribution is 9.11. The van der Waals surface area contributed by atoms with Gasteiger partial charge >= 0.3 is 0 Å². The van der Waals surface area contributed by atoms with Crippen molar-refractivity contribution >= 4 is 42.6 Å². The van der Waals surface area contributed by atoms with E-state index in [0.717, 1.165) is 14.3 Å². The summed E-state index contributed by atoms with van der Waals surface area (Å²) in [6.45, 7) is 0. The lowest BCUT2D eigenvalue weighted by Crippen LogP contribution is -1.78. The van der Waals surface area contributed by atoms with E-state index in [4.69, 9.17) is 0 Å². The molecule has 1 aromatic heterocycles. The summed E-state index contributed by atoms with van der Waals surface area (Å²) in [5.41, 5.74) is 0. The van der Waals surface area contributed by atoms with Crippen LogP contribution in [0.2, 0.25) is 0 Å². The number of pyridine rings is 1. The lowest BCUT2D eigenvalue weighted by Gasteiger charge is -2.00. The van der Waals surface area contributed by atoms with Crippen molar-refractivity contribution in [1.82, 2.24) is 4.98 Å². The fourth-order valence-electron chi connectivity index (χ4n) is 1.15. The van der Waals surface area contributed by atoms with Crippen LogP contribution in [0.1, 0.15) is 0 Å². The van der Waals surface area contributed by atoms with Gasteiger partial charge in [0.05, 0.1) is 0 Å². The maximum Gasteiger partial charge on any atom is 0.0448 e. The molecule has 0 fully saturated rings. The van der Waals surface area contributed by atoms with Gasteiger partial charge in [-0.3, -0.25) is 4.98 Å². The van der Waals surface area contributed by atoms with E-state index in [-0.39, 0.29) is 0 Å². The summed E-state index contributed by atoms with van der Waals surface area (Å²) in [6, 6.07) is 6.06. The molecule has 60 valence electrons. The van der Waals surface area contributed by atoms with Crippen LogP contribution in [0.3, 0.4) is 0 Å². The molecular formula is C9H5Br2N. The monoisotopic (exact) mass is 285 g/mol. The number of hydrogen-bond donors (Lipinski definition) is 0. The lowest BCUT2D eigenvalue weighted by atomic mass is 10.2. The Kier molecular flexibility index (Phi) is 2.15. The maximum atomic E-state index is 4.09. The summed E-state index contributed by atoms with van der Waals surface area (Å²) in [4.78, 5) is 4.09. The van der Waals surface area contributed by atoms with Gasteiger partial charge in [0.2, 0.25) is 0 Å². The third-order valence-corrected chi connectivity index (χ3v) is 2.95. The lowest BCUT2D eigenvalue weighted by molar-refractivity contribution is 1.34. The van der Waals surface area contributed by atoms with Crippen molar-refractivity contribution in [3.05, 3.63) is 39.5 Å². The van der Waals surface area contributed by atoms with Crippen molar-refractivity contribution in [3.8, 4) is 0 Å². The first-order valence-electron chi connectivity index (χ1n) is 3.47. The minimum absolute atomic E-state index is 1.02. The molecule has 1 nitrogen and oxygen atoms in total. The summed E-state index contributed by atoms with van der Waals surface area (Å²) < 4.78 is 2.11. The number of fused-ring (bicyclic) bond motifs is 1. The van der Waals surface area contributed by atoms with Gasteiger partial charge in [0.25, 0.3) is 0 Å². The zero-order valence-corrected chi connectivity index (χ0v) is 9.26. The summed E-state index contributed by atoms with van der Waals surface area (Å²) in [5.74, 6) is 0. The summed E-state index contributed by atoms with van der Waals surface area (Å²) >= 11 is 6.95. The highest BCUT2D eigenvalue weighted by Gasteiger charge is 2.01. The number of rotatable bonds is 0. The number of nitrogens with zero attached hydrogens (tertiary/aromatic N) is 1. The highest BCUT2D eigenvalue weighted by atomic mass is 79.9. The second kappa shape index (κ2) is 3.15. The summed E-state index contributed by atoms with van der Waals surface area (Å²) in [5, 5.41) is 2.31. The molecule has 0 amide bonds. The van der Waals surface area contributed by atoms with Crippen LogP contribution in [-0.2, 0) is 0 Å². The smallest absolute Gasteiger partial charge is 0.0448 e. The third kappa shape index (κ3) is 1.27. The Morgan fingerprint density at radius 2 is 1.83 bits per heavy atom. The van der Waals surface area contributed by atoms with Crippen molar-refractivity contribution in [1.29, 1.82) is 0 Å². The predicted molar refractivity (Wildman–Crippen MR) is 57.1 cm³/mol. The molecule has 0 aliphatic carbocycles.